The minimum absolute atomic E-state index is 0.356. The molecule has 1 rings (SSSR count). The van der Waals surface area contributed by atoms with E-state index in [0.717, 1.165) is 18.7 Å². The third-order valence-electron chi connectivity index (χ3n) is 2.94. The van der Waals surface area contributed by atoms with Crippen molar-refractivity contribution in [2.75, 3.05) is 20.1 Å². The van der Waals surface area contributed by atoms with Crippen molar-refractivity contribution in [2.24, 2.45) is 0 Å². The molecule has 0 atom stereocenters. The minimum Gasteiger partial charge on any atom is -0.311 e. The number of halogens is 1. The highest BCUT2D eigenvalue weighted by molar-refractivity contribution is 5.33. The summed E-state index contributed by atoms with van der Waals surface area (Å²) in [4.78, 5) is 2.24. The summed E-state index contributed by atoms with van der Waals surface area (Å²) in [5.74, 6) is -0.356. The van der Waals surface area contributed by atoms with E-state index in [1.165, 1.54) is 12.1 Å². The first-order chi connectivity index (χ1) is 8.52. The van der Waals surface area contributed by atoms with Crippen molar-refractivity contribution in [3.8, 4) is 6.07 Å². The van der Waals surface area contributed by atoms with Crippen molar-refractivity contribution >= 4 is 0 Å². The maximum Gasteiger partial charge on any atom is 0.124 e. The standard InChI is InChI=1S/C14H20FN3/c1-11(2)18(3)5-4-17-10-13-6-12(9-16)7-14(15)8-13/h6-8,11,17H,4-5,10H2,1-3H3. The van der Waals surface area contributed by atoms with Gasteiger partial charge in [0, 0.05) is 25.7 Å². The molecule has 0 spiro atoms. The second kappa shape index (κ2) is 7.10. The molecule has 0 saturated carbocycles. The van der Waals surface area contributed by atoms with E-state index < -0.39 is 0 Å². The number of hydrogen-bond donors (Lipinski definition) is 1. The van der Waals surface area contributed by atoms with Crippen LogP contribution in [0, 0.1) is 17.1 Å². The molecule has 1 N–H and O–H groups in total. The highest BCUT2D eigenvalue weighted by atomic mass is 19.1. The molecule has 0 heterocycles. The molecule has 98 valence electrons. The molecule has 0 bridgehead atoms. The average Bonchev–Trinajstić information content (AvgIpc) is 2.33. The van der Waals surface area contributed by atoms with Crippen LogP contribution in [0.5, 0.6) is 0 Å². The third-order valence-corrected chi connectivity index (χ3v) is 2.94. The first-order valence-corrected chi connectivity index (χ1v) is 6.13. The largest absolute Gasteiger partial charge is 0.311 e. The van der Waals surface area contributed by atoms with E-state index in [4.69, 9.17) is 5.26 Å². The van der Waals surface area contributed by atoms with Crippen LogP contribution >= 0.6 is 0 Å². The van der Waals surface area contributed by atoms with E-state index >= 15 is 0 Å². The maximum absolute atomic E-state index is 13.2. The van der Waals surface area contributed by atoms with Gasteiger partial charge in [0.15, 0.2) is 0 Å². The molecule has 0 saturated heterocycles. The predicted molar refractivity (Wildman–Crippen MR) is 70.6 cm³/mol. The van der Waals surface area contributed by atoms with Crippen LogP contribution in [-0.4, -0.2) is 31.1 Å². The van der Waals surface area contributed by atoms with Crippen molar-refractivity contribution in [1.29, 1.82) is 5.26 Å². The zero-order valence-electron chi connectivity index (χ0n) is 11.2. The Hall–Kier alpha value is -1.44. The monoisotopic (exact) mass is 249 g/mol. The Morgan fingerprint density at radius 1 is 1.39 bits per heavy atom. The lowest BCUT2D eigenvalue weighted by Gasteiger charge is -2.20. The second-order valence-corrected chi connectivity index (χ2v) is 4.71. The molecule has 0 fully saturated rings. The van der Waals surface area contributed by atoms with Gasteiger partial charge < -0.3 is 10.2 Å². The third kappa shape index (κ3) is 4.82. The smallest absolute Gasteiger partial charge is 0.124 e. The fourth-order valence-electron chi connectivity index (χ4n) is 1.56. The number of rotatable bonds is 6. The van der Waals surface area contributed by atoms with Crippen molar-refractivity contribution in [3.63, 3.8) is 0 Å². The first-order valence-electron chi connectivity index (χ1n) is 6.13. The summed E-state index contributed by atoms with van der Waals surface area (Å²) in [5.41, 5.74) is 1.17. The molecule has 0 radical (unpaired) electrons. The molecular formula is C14H20FN3. The average molecular weight is 249 g/mol. The van der Waals surface area contributed by atoms with Gasteiger partial charge in [-0.3, -0.25) is 0 Å². The minimum atomic E-state index is -0.356. The summed E-state index contributed by atoms with van der Waals surface area (Å²) < 4.78 is 13.2. The molecule has 1 aromatic carbocycles. The molecule has 0 aliphatic heterocycles. The lowest BCUT2D eigenvalue weighted by molar-refractivity contribution is 0.273. The van der Waals surface area contributed by atoms with E-state index in [0.29, 0.717) is 18.2 Å². The molecule has 3 nitrogen and oxygen atoms in total. The van der Waals surface area contributed by atoms with Gasteiger partial charge in [-0.2, -0.15) is 5.26 Å². The van der Waals surface area contributed by atoms with Gasteiger partial charge >= 0.3 is 0 Å². The van der Waals surface area contributed by atoms with Crippen molar-refractivity contribution < 1.29 is 4.39 Å². The van der Waals surface area contributed by atoms with Gasteiger partial charge in [0.25, 0.3) is 0 Å². The van der Waals surface area contributed by atoms with Gasteiger partial charge in [-0.05, 0) is 44.7 Å². The number of likely N-dealkylation sites (N-methyl/N-ethyl adjacent to an activating group) is 1. The molecule has 0 aliphatic rings. The molecule has 0 unspecified atom stereocenters. The summed E-state index contributed by atoms with van der Waals surface area (Å²) in [6.07, 6.45) is 0. The quantitative estimate of drug-likeness (QED) is 0.785. The lowest BCUT2D eigenvalue weighted by atomic mass is 10.1. The van der Waals surface area contributed by atoms with E-state index in [1.54, 1.807) is 6.07 Å². The Labute approximate surface area is 108 Å². The summed E-state index contributed by atoms with van der Waals surface area (Å²) in [6, 6.07) is 6.89. The zero-order chi connectivity index (χ0) is 13.5. The molecule has 4 heteroatoms. The molecular weight excluding hydrogens is 229 g/mol. The number of hydrogen-bond acceptors (Lipinski definition) is 3. The van der Waals surface area contributed by atoms with Crippen molar-refractivity contribution in [1.82, 2.24) is 10.2 Å². The van der Waals surface area contributed by atoms with E-state index in [9.17, 15) is 4.39 Å². The van der Waals surface area contributed by atoms with Crippen molar-refractivity contribution in [2.45, 2.75) is 26.4 Å². The van der Waals surface area contributed by atoms with Crippen LogP contribution in [0.2, 0.25) is 0 Å². The molecule has 0 aromatic heterocycles. The topological polar surface area (TPSA) is 39.1 Å². The van der Waals surface area contributed by atoms with E-state index in [1.807, 2.05) is 6.07 Å². The summed E-state index contributed by atoms with van der Waals surface area (Å²) in [7, 11) is 2.07. The Morgan fingerprint density at radius 2 is 2.11 bits per heavy atom. The second-order valence-electron chi connectivity index (χ2n) is 4.71. The van der Waals surface area contributed by atoms with Crippen LogP contribution in [0.15, 0.2) is 18.2 Å². The van der Waals surface area contributed by atoms with Gasteiger partial charge in [0.1, 0.15) is 5.82 Å². The van der Waals surface area contributed by atoms with Crippen molar-refractivity contribution in [3.05, 3.63) is 35.1 Å². The Kier molecular flexibility index (Phi) is 5.76. The van der Waals surface area contributed by atoms with Gasteiger partial charge in [-0.25, -0.2) is 4.39 Å². The molecule has 1 aromatic rings. The summed E-state index contributed by atoms with van der Waals surface area (Å²) >= 11 is 0. The van der Waals surface area contributed by atoms with Gasteiger partial charge in [0.05, 0.1) is 11.6 Å². The first kappa shape index (κ1) is 14.6. The van der Waals surface area contributed by atoms with Crippen LogP contribution in [0.1, 0.15) is 25.0 Å². The van der Waals surface area contributed by atoms with Crippen LogP contribution in [0.4, 0.5) is 4.39 Å². The highest BCUT2D eigenvalue weighted by Gasteiger charge is 2.03. The number of nitriles is 1. The zero-order valence-corrected chi connectivity index (χ0v) is 11.2. The van der Waals surface area contributed by atoms with Crippen LogP contribution < -0.4 is 5.32 Å². The number of benzene rings is 1. The van der Waals surface area contributed by atoms with Gasteiger partial charge in [-0.15, -0.1) is 0 Å². The fraction of sp³-hybridized carbons (Fsp3) is 0.500. The van der Waals surface area contributed by atoms with Crippen LogP contribution in [-0.2, 0) is 6.54 Å². The maximum atomic E-state index is 13.2. The Bertz CT molecular complexity index is 424. The normalized spacial score (nSPS) is 10.9. The fourth-order valence-corrected chi connectivity index (χ4v) is 1.56. The van der Waals surface area contributed by atoms with Crippen LogP contribution in [0.3, 0.4) is 0 Å². The predicted octanol–water partition coefficient (Wildman–Crippen LogP) is 2.13. The molecule has 0 amide bonds. The number of nitrogens with zero attached hydrogens (tertiary/aromatic N) is 2. The summed E-state index contributed by atoms with van der Waals surface area (Å²) in [6.45, 7) is 6.65. The Morgan fingerprint density at radius 3 is 2.72 bits per heavy atom. The van der Waals surface area contributed by atoms with E-state index in [2.05, 4.69) is 31.1 Å². The van der Waals surface area contributed by atoms with Gasteiger partial charge in [-0.1, -0.05) is 0 Å². The summed E-state index contributed by atoms with van der Waals surface area (Å²) in [5, 5.41) is 12.0. The van der Waals surface area contributed by atoms with Gasteiger partial charge in [0.2, 0.25) is 0 Å². The SMILES string of the molecule is CC(C)N(C)CCNCc1cc(F)cc(C#N)c1. The molecule has 0 aliphatic carbocycles. The van der Waals surface area contributed by atoms with E-state index in [-0.39, 0.29) is 5.82 Å². The number of nitrogens with one attached hydrogen (secondary N) is 1. The van der Waals surface area contributed by atoms with Crippen LogP contribution in [0.25, 0.3) is 0 Å². The highest BCUT2D eigenvalue weighted by Crippen LogP contribution is 2.08. The Balaban J connectivity index is 2.40. The lowest BCUT2D eigenvalue weighted by Crippen LogP contribution is -2.33. The molecule has 18 heavy (non-hydrogen) atoms.